The maximum Gasteiger partial charge on any atom is 0.227 e. The number of hydrogen-bond donors (Lipinski definition) is 0. The van der Waals surface area contributed by atoms with Crippen molar-refractivity contribution in [1.82, 2.24) is 10.1 Å². The third-order valence-corrected chi connectivity index (χ3v) is 4.23. The van der Waals surface area contributed by atoms with Gasteiger partial charge in [0, 0.05) is 17.6 Å². The molecule has 0 spiro atoms. The van der Waals surface area contributed by atoms with Crippen molar-refractivity contribution in [3.8, 4) is 0 Å². The Morgan fingerprint density at radius 3 is 3.00 bits per heavy atom. The molecule has 1 aromatic carbocycles. The second-order valence-electron chi connectivity index (χ2n) is 5.38. The predicted molar refractivity (Wildman–Crippen MR) is 80.1 cm³/mol. The van der Waals surface area contributed by atoms with Crippen molar-refractivity contribution in [2.24, 2.45) is 0 Å². The summed E-state index contributed by atoms with van der Waals surface area (Å²) in [7, 11) is 0. The zero-order valence-electron chi connectivity index (χ0n) is 11.9. The van der Waals surface area contributed by atoms with Crippen molar-refractivity contribution in [2.45, 2.75) is 32.2 Å². The molecule has 21 heavy (non-hydrogen) atoms. The van der Waals surface area contributed by atoms with Crippen LogP contribution in [0.5, 0.6) is 0 Å². The number of benzene rings is 1. The van der Waals surface area contributed by atoms with E-state index in [1.807, 2.05) is 42.2 Å². The van der Waals surface area contributed by atoms with Crippen LogP contribution in [0.3, 0.4) is 0 Å². The van der Waals surface area contributed by atoms with E-state index >= 15 is 0 Å². The van der Waals surface area contributed by atoms with E-state index in [1.54, 1.807) is 0 Å². The lowest BCUT2D eigenvalue weighted by Crippen LogP contribution is -2.32. The fourth-order valence-corrected chi connectivity index (χ4v) is 3.02. The van der Waals surface area contributed by atoms with Crippen LogP contribution < -0.4 is 0 Å². The molecule has 110 valence electrons. The van der Waals surface area contributed by atoms with Gasteiger partial charge in [-0.25, -0.2) is 0 Å². The molecule has 4 nitrogen and oxygen atoms in total. The highest BCUT2D eigenvalue weighted by molar-refractivity contribution is 6.31. The molecular formula is C16H17ClN2O2. The molecule has 1 aliphatic rings. The van der Waals surface area contributed by atoms with E-state index in [9.17, 15) is 4.79 Å². The van der Waals surface area contributed by atoms with Crippen LogP contribution >= 0.6 is 11.6 Å². The van der Waals surface area contributed by atoms with Gasteiger partial charge >= 0.3 is 0 Å². The summed E-state index contributed by atoms with van der Waals surface area (Å²) in [5.74, 6) is 0.863. The van der Waals surface area contributed by atoms with Crippen molar-refractivity contribution in [3.63, 3.8) is 0 Å². The normalized spacial score (nSPS) is 18.2. The first-order valence-corrected chi connectivity index (χ1v) is 7.49. The molecule has 3 rings (SSSR count). The Kier molecular flexibility index (Phi) is 3.97. The Hall–Kier alpha value is -1.81. The Bertz CT molecular complexity index is 653. The van der Waals surface area contributed by atoms with E-state index in [1.165, 1.54) is 0 Å². The predicted octanol–water partition coefficient (Wildman–Crippen LogP) is 3.54. The zero-order valence-corrected chi connectivity index (χ0v) is 12.6. The molecule has 1 aromatic heterocycles. The molecular weight excluding hydrogens is 288 g/mol. The van der Waals surface area contributed by atoms with E-state index in [2.05, 4.69) is 5.16 Å². The molecule has 0 bridgehead atoms. The van der Waals surface area contributed by atoms with Gasteiger partial charge in [0.1, 0.15) is 11.5 Å². The van der Waals surface area contributed by atoms with Crippen molar-refractivity contribution >= 4 is 17.5 Å². The molecule has 2 aromatic rings. The monoisotopic (exact) mass is 304 g/mol. The molecule has 2 heterocycles. The van der Waals surface area contributed by atoms with E-state index in [-0.39, 0.29) is 11.9 Å². The summed E-state index contributed by atoms with van der Waals surface area (Å²) in [5.41, 5.74) is 1.71. The Morgan fingerprint density at radius 2 is 2.29 bits per heavy atom. The maximum atomic E-state index is 12.6. The third-order valence-electron chi connectivity index (χ3n) is 3.86. The van der Waals surface area contributed by atoms with Crippen molar-refractivity contribution < 1.29 is 9.32 Å². The minimum atomic E-state index is 0.0254. The van der Waals surface area contributed by atoms with E-state index in [0.717, 1.165) is 36.4 Å². The van der Waals surface area contributed by atoms with Gasteiger partial charge in [-0.15, -0.1) is 0 Å². The fourth-order valence-electron chi connectivity index (χ4n) is 2.82. The highest BCUT2D eigenvalue weighted by Crippen LogP contribution is 2.32. The third kappa shape index (κ3) is 2.95. The van der Waals surface area contributed by atoms with Crippen LogP contribution in [-0.4, -0.2) is 22.5 Å². The van der Waals surface area contributed by atoms with Gasteiger partial charge in [0.15, 0.2) is 0 Å². The fraction of sp³-hybridized carbons (Fsp3) is 0.375. The molecule has 1 atom stereocenters. The van der Waals surface area contributed by atoms with Gasteiger partial charge in [0.25, 0.3) is 0 Å². The van der Waals surface area contributed by atoms with Gasteiger partial charge in [-0.1, -0.05) is 35.0 Å². The molecule has 5 heteroatoms. The Labute approximate surface area is 128 Å². The van der Waals surface area contributed by atoms with Crippen LogP contribution in [0, 0.1) is 6.92 Å². The van der Waals surface area contributed by atoms with Gasteiger partial charge in [0.05, 0.1) is 12.5 Å². The Balaban J connectivity index is 1.76. The number of carbonyl (C=O) groups excluding carboxylic acids is 1. The summed E-state index contributed by atoms with van der Waals surface area (Å²) in [6.45, 7) is 2.63. The summed E-state index contributed by atoms with van der Waals surface area (Å²) in [4.78, 5) is 14.5. The number of aromatic nitrogens is 1. The van der Waals surface area contributed by atoms with Crippen LogP contribution in [-0.2, 0) is 11.2 Å². The van der Waals surface area contributed by atoms with Gasteiger partial charge in [-0.05, 0) is 31.4 Å². The molecule has 1 amide bonds. The van der Waals surface area contributed by atoms with Crippen LogP contribution in [0.25, 0.3) is 0 Å². The summed E-state index contributed by atoms with van der Waals surface area (Å²) in [5, 5.41) is 4.70. The molecule has 0 N–H and O–H groups in total. The highest BCUT2D eigenvalue weighted by Gasteiger charge is 2.32. The number of nitrogens with zero attached hydrogens (tertiary/aromatic N) is 2. The van der Waals surface area contributed by atoms with Crippen LogP contribution in [0.2, 0.25) is 5.02 Å². The molecule has 1 saturated heterocycles. The lowest BCUT2D eigenvalue weighted by atomic mass is 10.1. The van der Waals surface area contributed by atoms with Crippen molar-refractivity contribution in [1.29, 1.82) is 0 Å². The lowest BCUT2D eigenvalue weighted by molar-refractivity contribution is -0.131. The van der Waals surface area contributed by atoms with E-state index in [4.69, 9.17) is 16.1 Å². The first-order chi connectivity index (χ1) is 10.1. The number of rotatable bonds is 3. The topological polar surface area (TPSA) is 46.3 Å². The quantitative estimate of drug-likeness (QED) is 0.871. The number of halogens is 1. The Morgan fingerprint density at radius 1 is 1.48 bits per heavy atom. The maximum absolute atomic E-state index is 12.6. The standard InChI is InChI=1S/C16H17ClN2O2/c1-11-9-14(18-21-11)15-7-4-8-19(15)16(20)10-12-5-2-3-6-13(12)17/h2-3,5-6,9,15H,4,7-8,10H2,1H3. The molecule has 0 aliphatic carbocycles. The molecule has 0 radical (unpaired) electrons. The number of hydrogen-bond acceptors (Lipinski definition) is 3. The SMILES string of the molecule is Cc1cc(C2CCCN2C(=O)Cc2ccccc2Cl)no1. The number of carbonyl (C=O) groups is 1. The first-order valence-electron chi connectivity index (χ1n) is 7.11. The van der Waals surface area contributed by atoms with Gasteiger partial charge in [0.2, 0.25) is 5.91 Å². The van der Waals surface area contributed by atoms with Crippen LogP contribution in [0.4, 0.5) is 0 Å². The smallest absolute Gasteiger partial charge is 0.227 e. The number of likely N-dealkylation sites (tertiary alicyclic amines) is 1. The summed E-state index contributed by atoms with van der Waals surface area (Å²) >= 11 is 6.13. The molecule has 1 aliphatic heterocycles. The van der Waals surface area contributed by atoms with Crippen LogP contribution in [0.1, 0.15) is 35.9 Å². The van der Waals surface area contributed by atoms with E-state index < -0.39 is 0 Å². The largest absolute Gasteiger partial charge is 0.361 e. The molecule has 0 saturated carbocycles. The molecule has 1 fully saturated rings. The summed E-state index contributed by atoms with van der Waals surface area (Å²) in [6.07, 6.45) is 2.25. The minimum absolute atomic E-state index is 0.0254. The van der Waals surface area contributed by atoms with Gasteiger partial charge < -0.3 is 9.42 Å². The average molecular weight is 305 g/mol. The van der Waals surface area contributed by atoms with E-state index in [0.29, 0.717) is 11.4 Å². The highest BCUT2D eigenvalue weighted by atomic mass is 35.5. The van der Waals surface area contributed by atoms with Crippen molar-refractivity contribution in [3.05, 3.63) is 52.4 Å². The lowest BCUT2D eigenvalue weighted by Gasteiger charge is -2.23. The first kappa shape index (κ1) is 14.1. The average Bonchev–Trinajstić information content (AvgIpc) is 3.09. The second kappa shape index (κ2) is 5.90. The van der Waals surface area contributed by atoms with Crippen LogP contribution in [0.15, 0.2) is 34.9 Å². The van der Waals surface area contributed by atoms with Crippen molar-refractivity contribution in [2.75, 3.05) is 6.54 Å². The summed E-state index contributed by atoms with van der Waals surface area (Å²) in [6, 6.07) is 9.41. The minimum Gasteiger partial charge on any atom is -0.361 e. The van der Waals surface area contributed by atoms with Gasteiger partial charge in [-0.3, -0.25) is 4.79 Å². The molecule has 1 unspecified atom stereocenters. The number of aryl methyl sites for hydroxylation is 1. The zero-order chi connectivity index (χ0) is 14.8. The summed E-state index contributed by atoms with van der Waals surface area (Å²) < 4.78 is 5.13. The number of amides is 1. The van der Waals surface area contributed by atoms with Gasteiger partial charge in [-0.2, -0.15) is 0 Å². The second-order valence-corrected chi connectivity index (χ2v) is 5.78.